The zero-order valence-corrected chi connectivity index (χ0v) is 5.55. The van der Waals surface area contributed by atoms with Gasteiger partial charge < -0.3 is 10.1 Å². The summed E-state index contributed by atoms with van der Waals surface area (Å²) in [6.45, 7) is 3.37. The van der Waals surface area contributed by atoms with Crippen LogP contribution < -0.4 is 0 Å². The highest BCUT2D eigenvalue weighted by Gasteiger charge is 2.17. The van der Waals surface area contributed by atoms with Crippen LogP contribution in [0.1, 0.15) is 19.7 Å². The van der Waals surface area contributed by atoms with Crippen LogP contribution in [0.15, 0.2) is 12.4 Å². The Hall–Kier alpha value is -0.830. The average molecular weight is 126 g/mol. The van der Waals surface area contributed by atoms with Crippen LogP contribution in [0.25, 0.3) is 0 Å². The first-order valence-electron chi connectivity index (χ1n) is 2.83. The topological polar surface area (TPSA) is 48.9 Å². The lowest BCUT2D eigenvalue weighted by Gasteiger charge is -2.12. The van der Waals surface area contributed by atoms with E-state index in [9.17, 15) is 5.11 Å². The standard InChI is InChI=1S/C6H10N2O/c1-6(2,9)5-7-3-4-8-5/h3-4,9H,1-2H3,(H,7,8). The maximum atomic E-state index is 9.28. The van der Waals surface area contributed by atoms with Crippen molar-refractivity contribution in [2.75, 3.05) is 0 Å². The van der Waals surface area contributed by atoms with Gasteiger partial charge in [0.25, 0.3) is 0 Å². The first-order valence-corrected chi connectivity index (χ1v) is 2.83. The van der Waals surface area contributed by atoms with Crippen LogP contribution in [-0.4, -0.2) is 15.1 Å². The highest BCUT2D eigenvalue weighted by molar-refractivity contribution is 4.96. The molecule has 50 valence electrons. The molecule has 0 amide bonds. The molecule has 1 aromatic rings. The molecule has 0 aliphatic carbocycles. The van der Waals surface area contributed by atoms with Crippen molar-refractivity contribution in [2.24, 2.45) is 0 Å². The number of aromatic amines is 1. The van der Waals surface area contributed by atoms with Gasteiger partial charge in [0.2, 0.25) is 0 Å². The molecule has 0 saturated heterocycles. The molecule has 3 heteroatoms. The Morgan fingerprint density at radius 3 is 2.56 bits per heavy atom. The molecule has 1 heterocycles. The summed E-state index contributed by atoms with van der Waals surface area (Å²) >= 11 is 0. The number of hydrogen-bond donors (Lipinski definition) is 2. The van der Waals surface area contributed by atoms with E-state index in [1.165, 1.54) is 0 Å². The molecule has 9 heavy (non-hydrogen) atoms. The summed E-state index contributed by atoms with van der Waals surface area (Å²) in [4.78, 5) is 6.70. The molecule has 0 saturated carbocycles. The summed E-state index contributed by atoms with van der Waals surface area (Å²) in [5.41, 5.74) is -0.844. The molecule has 0 aliphatic rings. The predicted molar refractivity (Wildman–Crippen MR) is 33.8 cm³/mol. The van der Waals surface area contributed by atoms with E-state index in [2.05, 4.69) is 9.97 Å². The van der Waals surface area contributed by atoms with Crippen LogP contribution in [0.4, 0.5) is 0 Å². The van der Waals surface area contributed by atoms with E-state index >= 15 is 0 Å². The van der Waals surface area contributed by atoms with E-state index in [1.807, 2.05) is 0 Å². The molecule has 0 atom stereocenters. The van der Waals surface area contributed by atoms with Crippen molar-refractivity contribution in [2.45, 2.75) is 19.4 Å². The fraction of sp³-hybridized carbons (Fsp3) is 0.500. The second-order valence-electron chi connectivity index (χ2n) is 2.50. The minimum absolute atomic E-state index is 0.600. The number of aromatic nitrogens is 2. The summed E-state index contributed by atoms with van der Waals surface area (Å²) in [5.74, 6) is 0.600. The highest BCUT2D eigenvalue weighted by Crippen LogP contribution is 2.12. The number of hydrogen-bond acceptors (Lipinski definition) is 2. The number of rotatable bonds is 1. The second-order valence-corrected chi connectivity index (χ2v) is 2.50. The summed E-state index contributed by atoms with van der Waals surface area (Å²) < 4.78 is 0. The van der Waals surface area contributed by atoms with Crippen LogP contribution in [-0.2, 0) is 5.60 Å². The number of nitrogens with one attached hydrogen (secondary N) is 1. The molecule has 0 aromatic carbocycles. The van der Waals surface area contributed by atoms with Gasteiger partial charge in [0.1, 0.15) is 11.4 Å². The van der Waals surface area contributed by atoms with Crippen molar-refractivity contribution in [1.29, 1.82) is 0 Å². The first kappa shape index (κ1) is 6.29. The maximum Gasteiger partial charge on any atom is 0.137 e. The molecular weight excluding hydrogens is 116 g/mol. The molecule has 0 unspecified atom stereocenters. The normalized spacial score (nSPS) is 11.9. The van der Waals surface area contributed by atoms with Crippen molar-refractivity contribution >= 4 is 0 Å². The van der Waals surface area contributed by atoms with Crippen LogP contribution in [0, 0.1) is 0 Å². The van der Waals surface area contributed by atoms with E-state index in [1.54, 1.807) is 26.2 Å². The minimum atomic E-state index is -0.844. The van der Waals surface area contributed by atoms with Gasteiger partial charge in [-0.2, -0.15) is 0 Å². The van der Waals surface area contributed by atoms with Crippen molar-refractivity contribution in [1.82, 2.24) is 9.97 Å². The fourth-order valence-electron chi connectivity index (χ4n) is 0.600. The van der Waals surface area contributed by atoms with E-state index in [0.29, 0.717) is 5.82 Å². The quantitative estimate of drug-likeness (QED) is 0.580. The Morgan fingerprint density at radius 1 is 1.67 bits per heavy atom. The molecule has 0 spiro atoms. The van der Waals surface area contributed by atoms with Crippen LogP contribution in [0.3, 0.4) is 0 Å². The Morgan fingerprint density at radius 2 is 2.33 bits per heavy atom. The van der Waals surface area contributed by atoms with Crippen LogP contribution in [0.2, 0.25) is 0 Å². The SMILES string of the molecule is CC(C)(O)c1ncc[nH]1. The molecule has 3 nitrogen and oxygen atoms in total. The van der Waals surface area contributed by atoms with Gasteiger partial charge in [0.15, 0.2) is 0 Å². The predicted octanol–water partition coefficient (Wildman–Crippen LogP) is 0.637. The van der Waals surface area contributed by atoms with E-state index < -0.39 is 5.60 Å². The third-order valence-electron chi connectivity index (χ3n) is 1.08. The lowest BCUT2D eigenvalue weighted by atomic mass is 10.1. The van der Waals surface area contributed by atoms with Gasteiger partial charge in [-0.1, -0.05) is 0 Å². The monoisotopic (exact) mass is 126 g/mol. The molecule has 0 bridgehead atoms. The smallest absolute Gasteiger partial charge is 0.137 e. The number of H-pyrrole nitrogens is 1. The van der Waals surface area contributed by atoms with Gasteiger partial charge in [-0.25, -0.2) is 4.98 Å². The third-order valence-corrected chi connectivity index (χ3v) is 1.08. The van der Waals surface area contributed by atoms with Crippen molar-refractivity contribution < 1.29 is 5.11 Å². The lowest BCUT2D eigenvalue weighted by molar-refractivity contribution is 0.0697. The first-order chi connectivity index (χ1) is 4.11. The highest BCUT2D eigenvalue weighted by atomic mass is 16.3. The van der Waals surface area contributed by atoms with E-state index in [4.69, 9.17) is 0 Å². The van der Waals surface area contributed by atoms with Gasteiger partial charge >= 0.3 is 0 Å². The average Bonchev–Trinajstić information content (AvgIpc) is 2.08. The van der Waals surface area contributed by atoms with Gasteiger partial charge in [0.05, 0.1) is 0 Å². The molecule has 0 fully saturated rings. The molecular formula is C6H10N2O. The Balaban J connectivity index is 2.90. The molecule has 0 radical (unpaired) electrons. The summed E-state index contributed by atoms with van der Waals surface area (Å²) in [6, 6.07) is 0. The van der Waals surface area contributed by atoms with Crippen molar-refractivity contribution in [3.8, 4) is 0 Å². The Kier molecular flexibility index (Phi) is 1.29. The summed E-state index contributed by atoms with van der Waals surface area (Å²) in [6.07, 6.45) is 3.31. The number of aliphatic hydroxyl groups is 1. The fourth-order valence-corrected chi connectivity index (χ4v) is 0.600. The largest absolute Gasteiger partial charge is 0.383 e. The molecule has 1 aromatic heterocycles. The Bertz CT molecular complexity index is 173. The van der Waals surface area contributed by atoms with Gasteiger partial charge in [-0.05, 0) is 13.8 Å². The van der Waals surface area contributed by atoms with E-state index in [0.717, 1.165) is 0 Å². The van der Waals surface area contributed by atoms with E-state index in [-0.39, 0.29) is 0 Å². The zero-order chi connectivity index (χ0) is 6.91. The zero-order valence-electron chi connectivity index (χ0n) is 5.55. The van der Waals surface area contributed by atoms with Crippen LogP contribution >= 0.6 is 0 Å². The summed E-state index contributed by atoms with van der Waals surface area (Å²) in [7, 11) is 0. The summed E-state index contributed by atoms with van der Waals surface area (Å²) in [5, 5.41) is 9.28. The maximum absolute atomic E-state index is 9.28. The third kappa shape index (κ3) is 1.29. The molecule has 0 aliphatic heterocycles. The van der Waals surface area contributed by atoms with Crippen LogP contribution in [0.5, 0.6) is 0 Å². The van der Waals surface area contributed by atoms with Crippen molar-refractivity contribution in [3.63, 3.8) is 0 Å². The lowest BCUT2D eigenvalue weighted by Crippen LogP contribution is -2.17. The molecule has 1 rings (SSSR count). The van der Waals surface area contributed by atoms with Gasteiger partial charge in [-0.15, -0.1) is 0 Å². The second kappa shape index (κ2) is 1.84. The number of nitrogens with zero attached hydrogens (tertiary/aromatic N) is 1. The van der Waals surface area contributed by atoms with Crippen molar-refractivity contribution in [3.05, 3.63) is 18.2 Å². The van der Waals surface area contributed by atoms with Gasteiger partial charge in [0, 0.05) is 12.4 Å². The Labute approximate surface area is 53.7 Å². The minimum Gasteiger partial charge on any atom is -0.383 e. The molecule has 2 N–H and O–H groups in total. The number of imidazole rings is 1. The van der Waals surface area contributed by atoms with Gasteiger partial charge in [-0.3, -0.25) is 0 Å².